The predicted octanol–water partition coefficient (Wildman–Crippen LogP) is 0.873. The summed E-state index contributed by atoms with van der Waals surface area (Å²) in [5.74, 6) is -0.952. The third-order valence-corrected chi connectivity index (χ3v) is 2.46. The maximum atomic E-state index is 11.3. The number of hydrogen-bond acceptors (Lipinski definition) is 3. The molecule has 6 nitrogen and oxygen atoms in total. The third kappa shape index (κ3) is 5.87. The summed E-state index contributed by atoms with van der Waals surface area (Å²) in [6, 6.07) is 6.41. The van der Waals surface area contributed by atoms with Crippen LogP contribution in [-0.2, 0) is 11.2 Å². The number of nitrogens with one attached hydrogen (secondary N) is 2. The summed E-state index contributed by atoms with van der Waals surface area (Å²) in [5, 5.41) is 14.2. The van der Waals surface area contributed by atoms with Crippen LogP contribution >= 0.6 is 0 Å². The lowest BCUT2D eigenvalue weighted by atomic mass is 10.1. The number of rotatable bonds is 7. The number of carboxylic acids is 1. The van der Waals surface area contributed by atoms with E-state index >= 15 is 0 Å². The smallest absolute Gasteiger partial charge is 0.335 e. The van der Waals surface area contributed by atoms with Gasteiger partial charge in [0.2, 0.25) is 0 Å². The van der Waals surface area contributed by atoms with Gasteiger partial charge in [0.05, 0.1) is 12.2 Å². The molecule has 1 rings (SSSR count). The van der Waals surface area contributed by atoms with E-state index in [1.54, 1.807) is 19.2 Å². The SMILES string of the molecule is COCCNC(=O)NCCc1cccc(C(=O)O)c1. The molecule has 1 aromatic carbocycles. The van der Waals surface area contributed by atoms with Gasteiger partial charge in [-0.05, 0) is 24.1 Å². The maximum absolute atomic E-state index is 11.3. The highest BCUT2D eigenvalue weighted by molar-refractivity contribution is 5.87. The van der Waals surface area contributed by atoms with Gasteiger partial charge in [-0.3, -0.25) is 0 Å². The van der Waals surface area contributed by atoms with Crippen LogP contribution < -0.4 is 10.6 Å². The normalized spacial score (nSPS) is 9.95. The van der Waals surface area contributed by atoms with Crippen molar-refractivity contribution in [2.45, 2.75) is 6.42 Å². The Bertz CT molecular complexity index is 434. The van der Waals surface area contributed by atoms with Gasteiger partial charge in [0.1, 0.15) is 0 Å². The topological polar surface area (TPSA) is 87.7 Å². The van der Waals surface area contributed by atoms with Gasteiger partial charge in [-0.25, -0.2) is 9.59 Å². The minimum Gasteiger partial charge on any atom is -0.478 e. The molecule has 0 radical (unpaired) electrons. The van der Waals surface area contributed by atoms with E-state index in [9.17, 15) is 9.59 Å². The van der Waals surface area contributed by atoms with Crippen LogP contribution in [0, 0.1) is 0 Å². The lowest BCUT2D eigenvalue weighted by molar-refractivity contribution is 0.0696. The minimum absolute atomic E-state index is 0.252. The number of amides is 2. The average molecular weight is 266 g/mol. The van der Waals surface area contributed by atoms with Gasteiger partial charge < -0.3 is 20.5 Å². The zero-order valence-corrected chi connectivity index (χ0v) is 10.8. The number of carbonyl (C=O) groups is 2. The standard InChI is InChI=1S/C13H18N2O4/c1-19-8-7-15-13(18)14-6-5-10-3-2-4-11(9-10)12(16)17/h2-4,9H,5-8H2,1H3,(H,16,17)(H2,14,15,18). The molecule has 0 spiro atoms. The fourth-order valence-electron chi connectivity index (χ4n) is 1.51. The Labute approximate surface area is 111 Å². The van der Waals surface area contributed by atoms with Crippen molar-refractivity contribution < 1.29 is 19.4 Å². The van der Waals surface area contributed by atoms with Crippen molar-refractivity contribution in [2.75, 3.05) is 26.8 Å². The molecule has 3 N–H and O–H groups in total. The van der Waals surface area contributed by atoms with Crippen LogP contribution in [0.15, 0.2) is 24.3 Å². The molecule has 0 atom stereocenters. The van der Waals surface area contributed by atoms with E-state index in [4.69, 9.17) is 9.84 Å². The Morgan fingerprint density at radius 1 is 1.26 bits per heavy atom. The summed E-state index contributed by atoms with van der Waals surface area (Å²) in [5.41, 5.74) is 1.12. The monoisotopic (exact) mass is 266 g/mol. The van der Waals surface area contributed by atoms with Crippen molar-refractivity contribution in [2.24, 2.45) is 0 Å². The van der Waals surface area contributed by atoms with Gasteiger partial charge in [0.25, 0.3) is 0 Å². The van der Waals surface area contributed by atoms with Gasteiger partial charge in [-0.2, -0.15) is 0 Å². The zero-order valence-electron chi connectivity index (χ0n) is 10.8. The molecule has 1 aromatic rings. The van der Waals surface area contributed by atoms with Crippen molar-refractivity contribution >= 4 is 12.0 Å². The van der Waals surface area contributed by atoms with E-state index in [-0.39, 0.29) is 11.6 Å². The van der Waals surface area contributed by atoms with Gasteiger partial charge >= 0.3 is 12.0 Å². The number of hydrogen-bond donors (Lipinski definition) is 3. The minimum atomic E-state index is -0.952. The zero-order chi connectivity index (χ0) is 14.1. The van der Waals surface area contributed by atoms with Crippen LogP contribution in [0.3, 0.4) is 0 Å². The fraction of sp³-hybridized carbons (Fsp3) is 0.385. The molecule has 0 heterocycles. The number of carbonyl (C=O) groups excluding carboxylic acids is 1. The van der Waals surface area contributed by atoms with E-state index in [2.05, 4.69) is 10.6 Å². The van der Waals surface area contributed by atoms with Gasteiger partial charge in [-0.15, -0.1) is 0 Å². The second-order valence-electron chi connectivity index (χ2n) is 3.93. The highest BCUT2D eigenvalue weighted by Gasteiger charge is 2.03. The van der Waals surface area contributed by atoms with Gasteiger partial charge in [0, 0.05) is 20.2 Å². The van der Waals surface area contributed by atoms with Crippen LogP contribution in [0.2, 0.25) is 0 Å². The Balaban J connectivity index is 2.31. The molecule has 104 valence electrons. The Kier molecular flexibility index (Phi) is 6.38. The Hall–Kier alpha value is -2.08. The molecular weight excluding hydrogens is 248 g/mol. The molecule has 0 unspecified atom stereocenters. The molecule has 0 fully saturated rings. The van der Waals surface area contributed by atoms with Crippen LogP contribution in [0.4, 0.5) is 4.79 Å². The maximum Gasteiger partial charge on any atom is 0.335 e. The lowest BCUT2D eigenvalue weighted by Gasteiger charge is -2.07. The second-order valence-corrected chi connectivity index (χ2v) is 3.93. The van der Waals surface area contributed by atoms with Crippen molar-refractivity contribution in [1.29, 1.82) is 0 Å². The highest BCUT2D eigenvalue weighted by Crippen LogP contribution is 2.05. The molecule has 0 saturated carbocycles. The number of methoxy groups -OCH3 is 1. The first-order valence-electron chi connectivity index (χ1n) is 5.96. The van der Waals surface area contributed by atoms with E-state index in [1.807, 2.05) is 6.07 Å². The first-order chi connectivity index (χ1) is 9.13. The van der Waals surface area contributed by atoms with E-state index in [0.717, 1.165) is 5.56 Å². The molecular formula is C13H18N2O4. The Morgan fingerprint density at radius 3 is 2.68 bits per heavy atom. The fourth-order valence-corrected chi connectivity index (χ4v) is 1.51. The predicted molar refractivity (Wildman–Crippen MR) is 70.4 cm³/mol. The molecule has 6 heteroatoms. The number of carboxylic acid groups (broad SMARTS) is 1. The first kappa shape index (κ1) is 15.0. The van der Waals surface area contributed by atoms with Crippen molar-refractivity contribution in [3.05, 3.63) is 35.4 Å². The Morgan fingerprint density at radius 2 is 2.00 bits per heavy atom. The van der Waals surface area contributed by atoms with Crippen LogP contribution in [0.25, 0.3) is 0 Å². The van der Waals surface area contributed by atoms with Crippen LogP contribution in [0.1, 0.15) is 15.9 Å². The number of ether oxygens (including phenoxy) is 1. The van der Waals surface area contributed by atoms with Crippen molar-refractivity contribution in [1.82, 2.24) is 10.6 Å². The summed E-state index contributed by atoms with van der Waals surface area (Å²) >= 11 is 0. The molecule has 0 aliphatic rings. The summed E-state index contributed by atoms with van der Waals surface area (Å²) in [6.45, 7) is 1.37. The van der Waals surface area contributed by atoms with Crippen LogP contribution in [-0.4, -0.2) is 43.9 Å². The van der Waals surface area contributed by atoms with E-state index < -0.39 is 5.97 Å². The molecule has 19 heavy (non-hydrogen) atoms. The van der Waals surface area contributed by atoms with Gasteiger partial charge in [-0.1, -0.05) is 12.1 Å². The molecule has 0 aromatic heterocycles. The lowest BCUT2D eigenvalue weighted by Crippen LogP contribution is -2.38. The number of aromatic carboxylic acids is 1. The molecule has 2 amide bonds. The second kappa shape index (κ2) is 8.10. The van der Waals surface area contributed by atoms with Crippen LogP contribution in [0.5, 0.6) is 0 Å². The molecule has 0 bridgehead atoms. The largest absolute Gasteiger partial charge is 0.478 e. The molecule has 0 saturated heterocycles. The summed E-state index contributed by atoms with van der Waals surface area (Å²) in [7, 11) is 1.56. The number of urea groups is 1. The van der Waals surface area contributed by atoms with Gasteiger partial charge in [0.15, 0.2) is 0 Å². The summed E-state index contributed by atoms with van der Waals surface area (Å²) in [6.07, 6.45) is 0.582. The quantitative estimate of drug-likeness (QED) is 0.639. The highest BCUT2D eigenvalue weighted by atomic mass is 16.5. The molecule has 0 aliphatic carbocycles. The van der Waals surface area contributed by atoms with E-state index in [0.29, 0.717) is 26.1 Å². The third-order valence-electron chi connectivity index (χ3n) is 2.46. The summed E-state index contributed by atoms with van der Waals surface area (Å²) < 4.78 is 4.80. The number of benzene rings is 1. The van der Waals surface area contributed by atoms with Crippen molar-refractivity contribution in [3.63, 3.8) is 0 Å². The van der Waals surface area contributed by atoms with E-state index in [1.165, 1.54) is 6.07 Å². The van der Waals surface area contributed by atoms with Crippen molar-refractivity contribution in [3.8, 4) is 0 Å². The molecule has 0 aliphatic heterocycles. The average Bonchev–Trinajstić information content (AvgIpc) is 2.39. The summed E-state index contributed by atoms with van der Waals surface area (Å²) in [4.78, 5) is 22.1. The first-order valence-corrected chi connectivity index (χ1v) is 5.96.